The van der Waals surface area contributed by atoms with E-state index in [1.165, 1.54) is 10.8 Å². The standard InChI is InChI=1S/C16H21P/c1-12(2)17(13(3)4)16-11-7-9-14-8-5-6-10-15(14)16/h5-13H,1-4H3. The Morgan fingerprint density at radius 1 is 0.765 bits per heavy atom. The van der Waals surface area contributed by atoms with Crippen molar-refractivity contribution >= 4 is 24.0 Å². The van der Waals surface area contributed by atoms with Crippen molar-refractivity contribution in [1.29, 1.82) is 0 Å². The van der Waals surface area contributed by atoms with Crippen LogP contribution in [-0.4, -0.2) is 11.3 Å². The third kappa shape index (κ3) is 2.53. The van der Waals surface area contributed by atoms with Gasteiger partial charge >= 0.3 is 0 Å². The van der Waals surface area contributed by atoms with Gasteiger partial charge in [-0.2, -0.15) is 0 Å². The molecule has 0 unspecified atom stereocenters. The van der Waals surface area contributed by atoms with Crippen LogP contribution in [0.4, 0.5) is 0 Å². The molecule has 0 saturated heterocycles. The summed E-state index contributed by atoms with van der Waals surface area (Å²) in [5.74, 6) is 0. The van der Waals surface area contributed by atoms with Gasteiger partial charge < -0.3 is 0 Å². The van der Waals surface area contributed by atoms with E-state index < -0.39 is 0 Å². The van der Waals surface area contributed by atoms with E-state index in [9.17, 15) is 0 Å². The van der Waals surface area contributed by atoms with Gasteiger partial charge in [-0.05, 0) is 27.4 Å². The smallest absolute Gasteiger partial charge is 0.0107 e. The molecule has 0 amide bonds. The first-order valence-corrected chi connectivity index (χ1v) is 7.85. The van der Waals surface area contributed by atoms with Crippen molar-refractivity contribution in [2.24, 2.45) is 0 Å². The molecule has 2 rings (SSSR count). The van der Waals surface area contributed by atoms with Gasteiger partial charge in [0, 0.05) is 0 Å². The van der Waals surface area contributed by atoms with Crippen LogP contribution in [0.25, 0.3) is 10.8 Å². The fourth-order valence-corrected chi connectivity index (χ4v) is 5.63. The largest absolute Gasteiger partial charge is 0.0694 e. The molecule has 2 aromatic rings. The zero-order chi connectivity index (χ0) is 12.4. The predicted octanol–water partition coefficient (Wildman–Crippen LogP) is 4.76. The van der Waals surface area contributed by atoms with Gasteiger partial charge in [0.15, 0.2) is 0 Å². The quantitative estimate of drug-likeness (QED) is 0.683. The topological polar surface area (TPSA) is 0 Å². The van der Waals surface area contributed by atoms with Crippen LogP contribution >= 0.6 is 7.92 Å². The Hall–Kier alpha value is -0.870. The molecule has 0 aliphatic rings. The second kappa shape index (κ2) is 5.19. The number of hydrogen-bond donors (Lipinski definition) is 0. The molecule has 0 spiro atoms. The van der Waals surface area contributed by atoms with Crippen LogP contribution in [0.5, 0.6) is 0 Å². The Labute approximate surface area is 106 Å². The monoisotopic (exact) mass is 244 g/mol. The van der Waals surface area contributed by atoms with Gasteiger partial charge in [-0.3, -0.25) is 0 Å². The minimum absolute atomic E-state index is 0.0736. The lowest BCUT2D eigenvalue weighted by Crippen LogP contribution is -2.15. The summed E-state index contributed by atoms with van der Waals surface area (Å²) in [6.45, 7) is 9.42. The summed E-state index contributed by atoms with van der Waals surface area (Å²) in [5, 5.41) is 4.39. The second-order valence-electron chi connectivity index (χ2n) is 5.09. The van der Waals surface area contributed by atoms with Crippen molar-refractivity contribution in [2.75, 3.05) is 0 Å². The Balaban J connectivity index is 2.61. The average molecular weight is 244 g/mol. The first-order valence-electron chi connectivity index (χ1n) is 6.37. The van der Waals surface area contributed by atoms with E-state index in [-0.39, 0.29) is 7.92 Å². The summed E-state index contributed by atoms with van der Waals surface area (Å²) >= 11 is 0. The van der Waals surface area contributed by atoms with E-state index >= 15 is 0 Å². The fourth-order valence-electron chi connectivity index (χ4n) is 2.59. The molecule has 0 N–H and O–H groups in total. The summed E-state index contributed by atoms with van der Waals surface area (Å²) in [7, 11) is -0.0736. The molecule has 0 heterocycles. The highest BCUT2D eigenvalue weighted by Crippen LogP contribution is 2.46. The van der Waals surface area contributed by atoms with Crippen LogP contribution in [0, 0.1) is 0 Å². The minimum Gasteiger partial charge on any atom is -0.0694 e. The molecule has 1 heteroatoms. The minimum atomic E-state index is -0.0736. The van der Waals surface area contributed by atoms with Crippen LogP contribution in [0.1, 0.15) is 27.7 Å². The van der Waals surface area contributed by atoms with Crippen LogP contribution in [0.2, 0.25) is 0 Å². The molecular formula is C16H21P. The molecule has 2 aromatic carbocycles. The van der Waals surface area contributed by atoms with E-state index in [2.05, 4.69) is 70.2 Å². The van der Waals surface area contributed by atoms with Crippen molar-refractivity contribution in [3.05, 3.63) is 42.5 Å². The first-order chi connectivity index (χ1) is 8.11. The fraction of sp³-hybridized carbons (Fsp3) is 0.375. The van der Waals surface area contributed by atoms with E-state index in [4.69, 9.17) is 0 Å². The molecule has 0 fully saturated rings. The third-order valence-electron chi connectivity index (χ3n) is 3.16. The Morgan fingerprint density at radius 2 is 1.35 bits per heavy atom. The van der Waals surface area contributed by atoms with Gasteiger partial charge in [-0.1, -0.05) is 78.1 Å². The Morgan fingerprint density at radius 3 is 2.00 bits per heavy atom. The van der Waals surface area contributed by atoms with Gasteiger partial charge in [0.2, 0.25) is 0 Å². The lowest BCUT2D eigenvalue weighted by molar-refractivity contribution is 1.02. The van der Waals surface area contributed by atoms with Crippen molar-refractivity contribution in [3.8, 4) is 0 Å². The van der Waals surface area contributed by atoms with Crippen LogP contribution in [-0.2, 0) is 0 Å². The summed E-state index contributed by atoms with van der Waals surface area (Å²) in [6, 6.07) is 15.5. The molecule has 90 valence electrons. The lowest BCUT2D eigenvalue weighted by atomic mass is 10.1. The highest BCUT2D eigenvalue weighted by atomic mass is 31.1. The van der Waals surface area contributed by atoms with E-state index in [1.54, 1.807) is 5.30 Å². The molecule has 0 radical (unpaired) electrons. The molecule has 0 bridgehead atoms. The van der Waals surface area contributed by atoms with Gasteiger partial charge in [0.25, 0.3) is 0 Å². The van der Waals surface area contributed by atoms with Crippen LogP contribution in [0.15, 0.2) is 42.5 Å². The molecule has 0 aromatic heterocycles. The van der Waals surface area contributed by atoms with Crippen molar-refractivity contribution < 1.29 is 0 Å². The number of fused-ring (bicyclic) bond motifs is 1. The van der Waals surface area contributed by atoms with Crippen molar-refractivity contribution in [3.63, 3.8) is 0 Å². The van der Waals surface area contributed by atoms with Gasteiger partial charge in [-0.25, -0.2) is 0 Å². The Kier molecular flexibility index (Phi) is 3.84. The molecule has 0 aliphatic carbocycles. The summed E-state index contributed by atoms with van der Waals surface area (Å²) < 4.78 is 0. The summed E-state index contributed by atoms with van der Waals surface area (Å²) in [6.07, 6.45) is 0. The SMILES string of the molecule is CC(C)P(c1cccc2ccccc12)C(C)C. The summed E-state index contributed by atoms with van der Waals surface area (Å²) in [5.41, 5.74) is 1.49. The molecular weight excluding hydrogens is 223 g/mol. The molecule has 0 saturated carbocycles. The van der Waals surface area contributed by atoms with Crippen molar-refractivity contribution in [1.82, 2.24) is 0 Å². The predicted molar refractivity (Wildman–Crippen MR) is 80.8 cm³/mol. The van der Waals surface area contributed by atoms with E-state index in [0.717, 1.165) is 11.3 Å². The van der Waals surface area contributed by atoms with Gasteiger partial charge in [0.1, 0.15) is 0 Å². The highest BCUT2D eigenvalue weighted by molar-refractivity contribution is 7.67. The molecule has 0 atom stereocenters. The van der Waals surface area contributed by atoms with Crippen LogP contribution < -0.4 is 5.30 Å². The van der Waals surface area contributed by atoms with Crippen molar-refractivity contribution in [2.45, 2.75) is 39.0 Å². The summed E-state index contributed by atoms with van der Waals surface area (Å²) in [4.78, 5) is 0. The zero-order valence-corrected chi connectivity index (χ0v) is 12.0. The zero-order valence-electron chi connectivity index (χ0n) is 11.1. The maximum Gasteiger partial charge on any atom is -0.0107 e. The molecule has 17 heavy (non-hydrogen) atoms. The first kappa shape index (κ1) is 12.6. The number of benzene rings is 2. The number of hydrogen-bond acceptors (Lipinski definition) is 0. The second-order valence-corrected chi connectivity index (χ2v) is 8.45. The third-order valence-corrected chi connectivity index (χ3v) is 6.33. The average Bonchev–Trinajstić information content (AvgIpc) is 2.28. The molecule has 0 aliphatic heterocycles. The maximum atomic E-state index is 2.35. The molecule has 0 nitrogen and oxygen atoms in total. The van der Waals surface area contributed by atoms with Gasteiger partial charge in [-0.15, -0.1) is 0 Å². The van der Waals surface area contributed by atoms with E-state index in [1.807, 2.05) is 0 Å². The van der Waals surface area contributed by atoms with Crippen LogP contribution in [0.3, 0.4) is 0 Å². The van der Waals surface area contributed by atoms with Gasteiger partial charge in [0.05, 0.1) is 0 Å². The highest BCUT2D eigenvalue weighted by Gasteiger charge is 2.20. The lowest BCUT2D eigenvalue weighted by Gasteiger charge is -2.27. The van der Waals surface area contributed by atoms with E-state index in [0.29, 0.717) is 0 Å². The maximum absolute atomic E-state index is 2.35. The normalized spacial score (nSPS) is 11.9. The Bertz CT molecular complexity index is 486. The number of rotatable bonds is 3.